The summed E-state index contributed by atoms with van der Waals surface area (Å²) in [7, 11) is 0. The molecule has 1 heterocycles. The molecule has 1 N–H and O–H groups in total. The highest BCUT2D eigenvalue weighted by atomic mass is 16.5. The van der Waals surface area contributed by atoms with E-state index in [1.54, 1.807) is 0 Å². The van der Waals surface area contributed by atoms with E-state index in [2.05, 4.69) is 10.3 Å². The lowest BCUT2D eigenvalue weighted by Crippen LogP contribution is -2.31. The molecule has 0 unspecified atom stereocenters. The number of para-hydroxylation sites is 2. The summed E-state index contributed by atoms with van der Waals surface area (Å²) in [4.78, 5) is 28.6. The van der Waals surface area contributed by atoms with Gasteiger partial charge in [-0.15, -0.1) is 0 Å². The molecule has 27 heavy (non-hydrogen) atoms. The highest BCUT2D eigenvalue weighted by Gasteiger charge is 2.14. The number of amides is 1. The molecule has 140 valence electrons. The van der Waals surface area contributed by atoms with Crippen LogP contribution in [0.25, 0.3) is 11.0 Å². The van der Waals surface area contributed by atoms with Gasteiger partial charge in [0.25, 0.3) is 5.91 Å². The zero-order valence-electron chi connectivity index (χ0n) is 15.4. The van der Waals surface area contributed by atoms with Crippen molar-refractivity contribution >= 4 is 22.9 Å². The molecule has 0 fully saturated rings. The molecular formula is C21H23N3O3. The zero-order valence-corrected chi connectivity index (χ0v) is 15.4. The summed E-state index contributed by atoms with van der Waals surface area (Å²) in [5, 5.41) is 2.76. The van der Waals surface area contributed by atoms with Gasteiger partial charge in [0.05, 0.1) is 11.0 Å². The molecule has 2 aromatic carbocycles. The lowest BCUT2D eigenvalue weighted by Gasteiger charge is -2.09. The van der Waals surface area contributed by atoms with Gasteiger partial charge in [-0.1, -0.05) is 49.4 Å². The van der Waals surface area contributed by atoms with Crippen LogP contribution in [0.1, 0.15) is 18.3 Å². The standard InChI is InChI=1S/C21H23N3O3/c1-2-19-23-17-10-6-7-11-18(17)24(19)14-21(26)27-15-20(25)22-13-12-16-8-4-3-5-9-16/h3-11H,2,12-15H2,1H3,(H,22,25). The molecule has 0 spiro atoms. The Morgan fingerprint density at radius 1 is 1.07 bits per heavy atom. The maximum atomic E-state index is 12.2. The first-order valence-corrected chi connectivity index (χ1v) is 9.07. The van der Waals surface area contributed by atoms with E-state index in [1.807, 2.05) is 66.1 Å². The van der Waals surface area contributed by atoms with Crippen molar-refractivity contribution in [1.82, 2.24) is 14.9 Å². The number of hydrogen-bond donors (Lipinski definition) is 1. The van der Waals surface area contributed by atoms with Gasteiger partial charge in [-0.2, -0.15) is 0 Å². The summed E-state index contributed by atoms with van der Waals surface area (Å²) in [5.74, 6) is 0.0667. The fraction of sp³-hybridized carbons (Fsp3) is 0.286. The molecule has 0 saturated carbocycles. The van der Waals surface area contributed by atoms with E-state index in [1.165, 1.54) is 0 Å². The Morgan fingerprint density at radius 3 is 2.59 bits per heavy atom. The lowest BCUT2D eigenvalue weighted by atomic mass is 10.1. The molecular weight excluding hydrogens is 342 g/mol. The molecule has 0 aliphatic heterocycles. The summed E-state index contributed by atoms with van der Waals surface area (Å²) in [6, 6.07) is 17.5. The van der Waals surface area contributed by atoms with E-state index in [-0.39, 0.29) is 19.1 Å². The molecule has 1 aromatic heterocycles. The monoisotopic (exact) mass is 365 g/mol. The molecule has 0 aliphatic rings. The van der Waals surface area contributed by atoms with Gasteiger partial charge in [0.1, 0.15) is 12.4 Å². The third-order valence-corrected chi connectivity index (χ3v) is 4.28. The summed E-state index contributed by atoms with van der Waals surface area (Å²) in [5.41, 5.74) is 2.88. The molecule has 6 heteroatoms. The van der Waals surface area contributed by atoms with Crippen LogP contribution in [0.5, 0.6) is 0 Å². The number of esters is 1. The summed E-state index contributed by atoms with van der Waals surface area (Å²) in [6.07, 6.45) is 1.45. The van der Waals surface area contributed by atoms with Crippen LogP contribution < -0.4 is 5.32 Å². The third-order valence-electron chi connectivity index (χ3n) is 4.28. The van der Waals surface area contributed by atoms with Crippen molar-refractivity contribution in [3.63, 3.8) is 0 Å². The first-order chi connectivity index (χ1) is 13.2. The van der Waals surface area contributed by atoms with Gasteiger partial charge in [0.2, 0.25) is 0 Å². The van der Waals surface area contributed by atoms with E-state index >= 15 is 0 Å². The maximum Gasteiger partial charge on any atom is 0.326 e. The van der Waals surface area contributed by atoms with E-state index < -0.39 is 5.97 Å². The third kappa shape index (κ3) is 4.94. The quantitative estimate of drug-likeness (QED) is 0.623. The zero-order chi connectivity index (χ0) is 19.1. The summed E-state index contributed by atoms with van der Waals surface area (Å²) >= 11 is 0. The minimum atomic E-state index is -0.453. The Bertz CT molecular complexity index is 919. The van der Waals surface area contributed by atoms with Gasteiger partial charge in [0.15, 0.2) is 6.61 Å². The largest absolute Gasteiger partial charge is 0.454 e. The highest BCUT2D eigenvalue weighted by Crippen LogP contribution is 2.16. The second-order valence-corrected chi connectivity index (χ2v) is 6.20. The fourth-order valence-corrected chi connectivity index (χ4v) is 2.93. The molecule has 0 aliphatic carbocycles. The minimum absolute atomic E-state index is 0.0426. The van der Waals surface area contributed by atoms with E-state index in [9.17, 15) is 9.59 Å². The number of hydrogen-bond acceptors (Lipinski definition) is 4. The SMILES string of the molecule is CCc1nc2ccccc2n1CC(=O)OCC(=O)NCCc1ccccc1. The molecule has 1 amide bonds. The van der Waals surface area contributed by atoms with Crippen molar-refractivity contribution < 1.29 is 14.3 Å². The number of imidazole rings is 1. The Balaban J connectivity index is 1.48. The summed E-state index contributed by atoms with van der Waals surface area (Å²) < 4.78 is 6.97. The average molecular weight is 365 g/mol. The van der Waals surface area contributed by atoms with Gasteiger partial charge in [-0.25, -0.2) is 4.98 Å². The van der Waals surface area contributed by atoms with Crippen molar-refractivity contribution in [2.45, 2.75) is 26.3 Å². The first-order valence-electron chi connectivity index (χ1n) is 9.07. The van der Waals surface area contributed by atoms with Gasteiger partial charge >= 0.3 is 5.97 Å². The van der Waals surface area contributed by atoms with Crippen LogP contribution in [0, 0.1) is 0 Å². The predicted molar refractivity (Wildman–Crippen MR) is 103 cm³/mol. The van der Waals surface area contributed by atoms with Crippen LogP contribution >= 0.6 is 0 Å². The van der Waals surface area contributed by atoms with E-state index in [0.717, 1.165) is 28.8 Å². The number of ether oxygens (including phenoxy) is 1. The molecule has 0 bridgehead atoms. The number of carbonyl (C=O) groups excluding carboxylic acids is 2. The molecule has 3 rings (SSSR count). The number of nitrogens with one attached hydrogen (secondary N) is 1. The van der Waals surface area contributed by atoms with Gasteiger partial charge in [-0.05, 0) is 24.1 Å². The van der Waals surface area contributed by atoms with Crippen molar-refractivity contribution in [3.05, 3.63) is 66.0 Å². The van der Waals surface area contributed by atoms with Gasteiger partial charge in [0, 0.05) is 13.0 Å². The Labute approximate surface area is 158 Å². The van der Waals surface area contributed by atoms with Crippen LogP contribution in [0.2, 0.25) is 0 Å². The molecule has 3 aromatic rings. The first kappa shape index (κ1) is 18.6. The van der Waals surface area contributed by atoms with Crippen LogP contribution in [0.4, 0.5) is 0 Å². The van der Waals surface area contributed by atoms with Crippen LogP contribution in [-0.4, -0.2) is 34.6 Å². The Hall–Kier alpha value is -3.15. The lowest BCUT2D eigenvalue weighted by molar-refractivity contribution is -0.149. The van der Waals surface area contributed by atoms with Crippen LogP contribution in [0.15, 0.2) is 54.6 Å². The number of benzene rings is 2. The molecule has 6 nitrogen and oxygen atoms in total. The van der Waals surface area contributed by atoms with Crippen LogP contribution in [0.3, 0.4) is 0 Å². The highest BCUT2D eigenvalue weighted by molar-refractivity contribution is 5.82. The Kier molecular flexibility index (Phi) is 6.20. The maximum absolute atomic E-state index is 12.2. The number of aromatic nitrogens is 2. The predicted octanol–water partition coefficient (Wildman–Crippen LogP) is 2.50. The topological polar surface area (TPSA) is 73.2 Å². The van der Waals surface area contributed by atoms with Crippen molar-refractivity contribution in [1.29, 1.82) is 0 Å². The normalized spacial score (nSPS) is 10.7. The number of aryl methyl sites for hydroxylation is 1. The second-order valence-electron chi connectivity index (χ2n) is 6.20. The second kappa shape index (κ2) is 8.98. The number of nitrogens with zero attached hydrogens (tertiary/aromatic N) is 2. The van der Waals surface area contributed by atoms with Crippen molar-refractivity contribution in [3.8, 4) is 0 Å². The smallest absolute Gasteiger partial charge is 0.326 e. The van der Waals surface area contributed by atoms with Crippen molar-refractivity contribution in [2.75, 3.05) is 13.2 Å². The number of fused-ring (bicyclic) bond motifs is 1. The number of rotatable bonds is 8. The minimum Gasteiger partial charge on any atom is -0.454 e. The Morgan fingerprint density at radius 2 is 1.81 bits per heavy atom. The van der Waals surface area contributed by atoms with Crippen LogP contribution in [-0.2, 0) is 33.7 Å². The number of carbonyl (C=O) groups is 2. The average Bonchev–Trinajstić information content (AvgIpc) is 3.05. The molecule has 0 saturated heterocycles. The summed E-state index contributed by atoms with van der Waals surface area (Å²) in [6.45, 7) is 2.26. The molecule has 0 atom stereocenters. The van der Waals surface area contributed by atoms with Crippen molar-refractivity contribution in [2.24, 2.45) is 0 Å². The van der Waals surface area contributed by atoms with E-state index in [4.69, 9.17) is 4.74 Å². The molecule has 0 radical (unpaired) electrons. The van der Waals surface area contributed by atoms with Gasteiger partial charge in [-0.3, -0.25) is 9.59 Å². The van der Waals surface area contributed by atoms with E-state index in [0.29, 0.717) is 13.0 Å². The van der Waals surface area contributed by atoms with Gasteiger partial charge < -0.3 is 14.6 Å². The fourth-order valence-electron chi connectivity index (χ4n) is 2.93.